The van der Waals surface area contributed by atoms with E-state index in [0.717, 1.165) is 11.3 Å². The summed E-state index contributed by atoms with van der Waals surface area (Å²) in [4.78, 5) is 4.14. The van der Waals surface area contributed by atoms with Crippen LogP contribution in [0.5, 0.6) is 0 Å². The number of nitrogens with zero attached hydrogens (tertiary/aromatic N) is 1. The van der Waals surface area contributed by atoms with Gasteiger partial charge < -0.3 is 0 Å². The molecule has 0 unspecified atom stereocenters. The summed E-state index contributed by atoms with van der Waals surface area (Å²) in [6, 6.07) is 14.1. The van der Waals surface area contributed by atoms with Gasteiger partial charge in [0.1, 0.15) is 0 Å². The first-order chi connectivity index (χ1) is 6.38. The number of benzene rings is 1. The zero-order valence-electron chi connectivity index (χ0n) is 7.27. The van der Waals surface area contributed by atoms with Crippen LogP contribution in [0.3, 0.4) is 0 Å². The van der Waals surface area contributed by atoms with E-state index in [1.807, 2.05) is 30.3 Å². The largest absolute Gasteiger partial charge is 0.261 e. The fraction of sp³-hybridized carbons (Fsp3) is 0. The van der Waals surface area contributed by atoms with Gasteiger partial charge in [-0.1, -0.05) is 36.4 Å². The van der Waals surface area contributed by atoms with Gasteiger partial charge in [0.2, 0.25) is 0 Å². The van der Waals surface area contributed by atoms with Crippen molar-refractivity contribution in [2.45, 2.75) is 0 Å². The summed E-state index contributed by atoms with van der Waals surface area (Å²) in [5.41, 5.74) is 3.09. The summed E-state index contributed by atoms with van der Waals surface area (Å²) in [5, 5.41) is 0. The monoisotopic (exact) mass is 168 g/mol. The number of hydrogen-bond donors (Lipinski definition) is 0. The summed E-state index contributed by atoms with van der Waals surface area (Å²) in [6.07, 6.45) is 1.76. The van der Waals surface area contributed by atoms with E-state index >= 15 is 0 Å². The maximum atomic E-state index is 4.14. The van der Waals surface area contributed by atoms with Gasteiger partial charge in [-0.05, 0) is 18.6 Å². The van der Waals surface area contributed by atoms with Crippen LogP contribution in [0.25, 0.3) is 11.1 Å². The van der Waals surface area contributed by atoms with E-state index in [4.69, 9.17) is 0 Å². The lowest BCUT2D eigenvalue weighted by molar-refractivity contribution is 1.27. The van der Waals surface area contributed by atoms with Crippen LogP contribution in [-0.4, -0.2) is 4.98 Å². The highest BCUT2D eigenvalue weighted by molar-refractivity contribution is 5.66. The predicted molar refractivity (Wildman–Crippen MR) is 54.1 cm³/mol. The smallest absolute Gasteiger partial charge is 0.0485 e. The standard InChI is InChI=1S/C12H10N/c1-10-12(8-5-9-13-10)11-6-3-2-4-7-11/h2-9H,1H2. The van der Waals surface area contributed by atoms with Gasteiger partial charge in [-0.3, -0.25) is 4.98 Å². The topological polar surface area (TPSA) is 12.9 Å². The van der Waals surface area contributed by atoms with E-state index in [0.29, 0.717) is 0 Å². The van der Waals surface area contributed by atoms with Crippen LogP contribution < -0.4 is 0 Å². The fourth-order valence-electron chi connectivity index (χ4n) is 1.32. The molecule has 1 nitrogen and oxygen atoms in total. The second kappa shape index (κ2) is 3.40. The van der Waals surface area contributed by atoms with Crippen LogP contribution >= 0.6 is 0 Å². The van der Waals surface area contributed by atoms with Crippen LogP contribution in [-0.2, 0) is 0 Å². The van der Waals surface area contributed by atoms with Crippen molar-refractivity contribution in [2.24, 2.45) is 0 Å². The normalized spacial score (nSPS) is 9.92. The van der Waals surface area contributed by atoms with Crippen molar-refractivity contribution in [1.29, 1.82) is 0 Å². The molecule has 2 rings (SSSR count). The third-order valence-corrected chi connectivity index (χ3v) is 1.98. The van der Waals surface area contributed by atoms with Crippen LogP contribution in [0.2, 0.25) is 0 Å². The number of rotatable bonds is 1. The average Bonchev–Trinajstić information content (AvgIpc) is 2.20. The number of hydrogen-bond acceptors (Lipinski definition) is 1. The molecule has 1 radical (unpaired) electrons. The van der Waals surface area contributed by atoms with E-state index in [-0.39, 0.29) is 0 Å². The minimum absolute atomic E-state index is 0.828. The Morgan fingerprint density at radius 1 is 0.923 bits per heavy atom. The van der Waals surface area contributed by atoms with Gasteiger partial charge in [0, 0.05) is 17.5 Å². The molecule has 0 saturated carbocycles. The average molecular weight is 168 g/mol. The van der Waals surface area contributed by atoms with Gasteiger partial charge in [-0.15, -0.1) is 0 Å². The van der Waals surface area contributed by atoms with Gasteiger partial charge in [-0.2, -0.15) is 0 Å². The third-order valence-electron chi connectivity index (χ3n) is 1.98. The lowest BCUT2D eigenvalue weighted by Gasteiger charge is -2.03. The van der Waals surface area contributed by atoms with Crippen LogP contribution in [0.15, 0.2) is 48.7 Å². The van der Waals surface area contributed by atoms with Crippen LogP contribution in [0.1, 0.15) is 5.69 Å². The lowest BCUT2D eigenvalue weighted by Crippen LogP contribution is -1.85. The molecule has 1 aromatic carbocycles. The first kappa shape index (κ1) is 7.99. The van der Waals surface area contributed by atoms with E-state index in [9.17, 15) is 0 Å². The Hall–Kier alpha value is -1.63. The minimum atomic E-state index is 0.828. The van der Waals surface area contributed by atoms with Gasteiger partial charge >= 0.3 is 0 Å². The van der Waals surface area contributed by atoms with Gasteiger partial charge in [0.15, 0.2) is 0 Å². The molecule has 0 amide bonds. The Morgan fingerprint density at radius 3 is 2.38 bits per heavy atom. The summed E-state index contributed by atoms with van der Waals surface area (Å²) >= 11 is 0. The fourth-order valence-corrected chi connectivity index (χ4v) is 1.32. The molecule has 0 aliphatic rings. The van der Waals surface area contributed by atoms with Crippen molar-refractivity contribution >= 4 is 0 Å². The second-order valence-corrected chi connectivity index (χ2v) is 2.86. The Morgan fingerprint density at radius 2 is 1.69 bits per heavy atom. The minimum Gasteiger partial charge on any atom is -0.261 e. The molecular formula is C12H10N. The SMILES string of the molecule is [CH2]c1ncccc1-c1ccccc1. The van der Waals surface area contributed by atoms with E-state index in [1.165, 1.54) is 5.56 Å². The van der Waals surface area contributed by atoms with Crippen molar-refractivity contribution in [3.05, 3.63) is 61.3 Å². The molecule has 0 bridgehead atoms. The molecule has 0 aliphatic heterocycles. The van der Waals surface area contributed by atoms with Crippen molar-refractivity contribution < 1.29 is 0 Å². The van der Waals surface area contributed by atoms with Gasteiger partial charge in [0.05, 0.1) is 0 Å². The molecule has 0 fully saturated rings. The predicted octanol–water partition coefficient (Wildman–Crippen LogP) is 2.93. The van der Waals surface area contributed by atoms with E-state index in [1.54, 1.807) is 6.20 Å². The molecule has 13 heavy (non-hydrogen) atoms. The zero-order chi connectivity index (χ0) is 9.10. The summed E-state index contributed by atoms with van der Waals surface area (Å²) < 4.78 is 0. The Kier molecular flexibility index (Phi) is 2.09. The Labute approximate surface area is 78.1 Å². The first-order valence-electron chi connectivity index (χ1n) is 4.20. The Balaban J connectivity index is 2.54. The molecule has 0 aliphatic carbocycles. The summed E-state index contributed by atoms with van der Waals surface area (Å²) in [6.45, 7) is 3.89. The van der Waals surface area contributed by atoms with Crippen LogP contribution in [0.4, 0.5) is 0 Å². The molecule has 2 aromatic rings. The highest BCUT2D eigenvalue weighted by Gasteiger charge is 1.99. The number of pyridine rings is 1. The van der Waals surface area contributed by atoms with Crippen molar-refractivity contribution in [1.82, 2.24) is 4.98 Å². The third kappa shape index (κ3) is 1.59. The quantitative estimate of drug-likeness (QED) is 0.638. The molecule has 63 valence electrons. The van der Waals surface area contributed by atoms with E-state index in [2.05, 4.69) is 24.0 Å². The molecule has 0 N–H and O–H groups in total. The number of aromatic nitrogens is 1. The maximum Gasteiger partial charge on any atom is 0.0485 e. The zero-order valence-corrected chi connectivity index (χ0v) is 7.27. The van der Waals surface area contributed by atoms with Crippen molar-refractivity contribution in [2.75, 3.05) is 0 Å². The lowest BCUT2D eigenvalue weighted by atomic mass is 10.1. The highest BCUT2D eigenvalue weighted by Crippen LogP contribution is 2.20. The summed E-state index contributed by atoms with van der Waals surface area (Å²) in [5.74, 6) is 0. The molecule has 1 heteroatoms. The maximum absolute atomic E-state index is 4.14. The molecule has 1 aromatic heterocycles. The van der Waals surface area contributed by atoms with E-state index < -0.39 is 0 Å². The van der Waals surface area contributed by atoms with Gasteiger partial charge in [-0.25, -0.2) is 0 Å². The molecule has 1 heterocycles. The second-order valence-electron chi connectivity index (χ2n) is 2.86. The Bertz CT molecular complexity index is 393. The first-order valence-corrected chi connectivity index (χ1v) is 4.20. The molecule has 0 atom stereocenters. The summed E-state index contributed by atoms with van der Waals surface area (Å²) in [7, 11) is 0. The molecule has 0 spiro atoms. The molecule has 0 saturated heterocycles. The van der Waals surface area contributed by atoms with Crippen molar-refractivity contribution in [3.8, 4) is 11.1 Å². The van der Waals surface area contributed by atoms with Gasteiger partial charge in [0.25, 0.3) is 0 Å². The molecular weight excluding hydrogens is 158 g/mol. The highest BCUT2D eigenvalue weighted by atomic mass is 14.7. The van der Waals surface area contributed by atoms with Crippen LogP contribution in [0, 0.1) is 6.92 Å². The van der Waals surface area contributed by atoms with Crippen molar-refractivity contribution in [3.63, 3.8) is 0 Å².